The van der Waals surface area contributed by atoms with Gasteiger partial charge in [-0.2, -0.15) is 4.37 Å². The number of rotatable bonds is 1. The highest BCUT2D eigenvalue weighted by molar-refractivity contribution is 7.06. The third-order valence-electron chi connectivity index (χ3n) is 1.46. The molecule has 1 aromatic rings. The van der Waals surface area contributed by atoms with Gasteiger partial charge in [0.1, 0.15) is 0 Å². The number of aryl methyl sites for hydroxylation is 1. The van der Waals surface area contributed by atoms with Gasteiger partial charge in [0.2, 0.25) is 0 Å². The molecular formula is C8H12N2S. The standard InChI is InChI=1S/C8H12N2S/c1-5(2)9-8-6(3)7(4)11-10-8/h1-4H3. The van der Waals surface area contributed by atoms with E-state index in [4.69, 9.17) is 0 Å². The molecule has 1 aromatic heterocycles. The summed E-state index contributed by atoms with van der Waals surface area (Å²) in [4.78, 5) is 5.55. The average molecular weight is 168 g/mol. The van der Waals surface area contributed by atoms with E-state index in [2.05, 4.69) is 23.2 Å². The summed E-state index contributed by atoms with van der Waals surface area (Å²) >= 11 is 1.52. The molecule has 0 saturated carbocycles. The minimum absolute atomic E-state index is 0.882. The van der Waals surface area contributed by atoms with Crippen LogP contribution in [0.2, 0.25) is 0 Å². The van der Waals surface area contributed by atoms with Crippen molar-refractivity contribution in [2.75, 3.05) is 0 Å². The second kappa shape index (κ2) is 3.13. The summed E-state index contributed by atoms with van der Waals surface area (Å²) in [6.07, 6.45) is 0. The smallest absolute Gasteiger partial charge is 0.168 e. The lowest BCUT2D eigenvalue weighted by Gasteiger charge is -1.90. The lowest BCUT2D eigenvalue weighted by atomic mass is 10.3. The normalized spacial score (nSPS) is 9.82. The summed E-state index contributed by atoms with van der Waals surface area (Å²) in [5, 5.41) is 0. The molecule has 1 heterocycles. The van der Waals surface area contributed by atoms with E-state index in [9.17, 15) is 0 Å². The summed E-state index contributed by atoms with van der Waals surface area (Å²) in [5.41, 5.74) is 2.26. The van der Waals surface area contributed by atoms with Crippen molar-refractivity contribution >= 4 is 23.1 Å². The Balaban J connectivity index is 3.06. The third-order valence-corrected chi connectivity index (χ3v) is 2.31. The molecule has 0 N–H and O–H groups in total. The fraction of sp³-hybridized carbons (Fsp3) is 0.500. The van der Waals surface area contributed by atoms with Crippen molar-refractivity contribution in [2.24, 2.45) is 4.99 Å². The lowest BCUT2D eigenvalue weighted by molar-refractivity contribution is 1.32. The Kier molecular flexibility index (Phi) is 2.39. The number of aliphatic imine (C=N–C) groups is 1. The van der Waals surface area contributed by atoms with Crippen molar-refractivity contribution in [1.82, 2.24) is 4.37 Å². The van der Waals surface area contributed by atoms with Crippen molar-refractivity contribution in [3.05, 3.63) is 10.4 Å². The Labute approximate surface area is 71.2 Å². The van der Waals surface area contributed by atoms with Gasteiger partial charge in [-0.05, 0) is 39.2 Å². The Bertz CT molecular complexity index is 282. The predicted molar refractivity (Wildman–Crippen MR) is 50.0 cm³/mol. The van der Waals surface area contributed by atoms with Crippen LogP contribution in [0.5, 0.6) is 0 Å². The molecule has 1 rings (SSSR count). The van der Waals surface area contributed by atoms with E-state index in [1.54, 1.807) is 0 Å². The molecule has 60 valence electrons. The van der Waals surface area contributed by atoms with Crippen molar-refractivity contribution in [1.29, 1.82) is 0 Å². The van der Waals surface area contributed by atoms with Crippen LogP contribution in [0.4, 0.5) is 5.82 Å². The Morgan fingerprint density at radius 3 is 2.36 bits per heavy atom. The molecule has 0 amide bonds. The molecule has 0 spiro atoms. The van der Waals surface area contributed by atoms with Gasteiger partial charge in [0.25, 0.3) is 0 Å². The number of hydrogen-bond donors (Lipinski definition) is 0. The molecular weight excluding hydrogens is 156 g/mol. The summed E-state index contributed by atoms with van der Waals surface area (Å²) in [6.45, 7) is 8.08. The van der Waals surface area contributed by atoms with E-state index in [-0.39, 0.29) is 0 Å². The molecule has 0 aliphatic carbocycles. The van der Waals surface area contributed by atoms with Gasteiger partial charge in [-0.25, -0.2) is 4.99 Å². The molecule has 0 atom stereocenters. The predicted octanol–water partition coefficient (Wildman–Crippen LogP) is 2.87. The van der Waals surface area contributed by atoms with Crippen LogP contribution in [0, 0.1) is 13.8 Å². The Morgan fingerprint density at radius 1 is 1.36 bits per heavy atom. The molecule has 3 heteroatoms. The van der Waals surface area contributed by atoms with Gasteiger partial charge in [-0.15, -0.1) is 0 Å². The van der Waals surface area contributed by atoms with Gasteiger partial charge in [0.05, 0.1) is 0 Å². The highest BCUT2D eigenvalue weighted by atomic mass is 32.1. The number of hydrogen-bond acceptors (Lipinski definition) is 3. The first kappa shape index (κ1) is 8.40. The van der Waals surface area contributed by atoms with Gasteiger partial charge in [-0.1, -0.05) is 0 Å². The molecule has 0 fully saturated rings. The quantitative estimate of drug-likeness (QED) is 0.592. The van der Waals surface area contributed by atoms with Crippen molar-refractivity contribution in [3.63, 3.8) is 0 Å². The number of aromatic nitrogens is 1. The zero-order valence-corrected chi connectivity index (χ0v) is 8.12. The Hall–Kier alpha value is -0.700. The monoisotopic (exact) mass is 168 g/mol. The van der Waals surface area contributed by atoms with E-state index in [1.165, 1.54) is 22.0 Å². The van der Waals surface area contributed by atoms with Crippen molar-refractivity contribution in [2.45, 2.75) is 27.7 Å². The van der Waals surface area contributed by atoms with Crippen LogP contribution < -0.4 is 0 Å². The Morgan fingerprint density at radius 2 is 2.00 bits per heavy atom. The van der Waals surface area contributed by atoms with Gasteiger partial charge in [-0.3, -0.25) is 0 Å². The lowest BCUT2D eigenvalue weighted by Crippen LogP contribution is -1.79. The summed E-state index contributed by atoms with van der Waals surface area (Å²) in [5.74, 6) is 0.882. The SMILES string of the molecule is CC(C)=Nc1nsc(C)c1C. The zero-order valence-electron chi connectivity index (χ0n) is 7.30. The van der Waals surface area contributed by atoms with Crippen LogP contribution >= 0.6 is 11.5 Å². The maximum atomic E-state index is 4.30. The second-order valence-corrected chi connectivity index (χ2v) is 3.72. The van der Waals surface area contributed by atoms with Crippen LogP contribution in [-0.4, -0.2) is 10.1 Å². The van der Waals surface area contributed by atoms with E-state index in [1.807, 2.05) is 13.8 Å². The van der Waals surface area contributed by atoms with E-state index < -0.39 is 0 Å². The van der Waals surface area contributed by atoms with Crippen LogP contribution in [0.15, 0.2) is 4.99 Å². The highest BCUT2D eigenvalue weighted by Crippen LogP contribution is 2.23. The molecule has 2 nitrogen and oxygen atoms in total. The van der Waals surface area contributed by atoms with E-state index >= 15 is 0 Å². The molecule has 0 saturated heterocycles. The summed E-state index contributed by atoms with van der Waals surface area (Å²) < 4.78 is 4.21. The molecule has 0 aromatic carbocycles. The van der Waals surface area contributed by atoms with E-state index in [0.717, 1.165) is 11.5 Å². The van der Waals surface area contributed by atoms with Crippen LogP contribution in [0.1, 0.15) is 24.3 Å². The van der Waals surface area contributed by atoms with Crippen LogP contribution in [0.25, 0.3) is 0 Å². The summed E-state index contributed by atoms with van der Waals surface area (Å²) in [6, 6.07) is 0. The maximum absolute atomic E-state index is 4.30. The largest absolute Gasteiger partial charge is 0.238 e. The molecule has 0 unspecified atom stereocenters. The molecule has 0 aliphatic rings. The molecule has 0 radical (unpaired) electrons. The van der Waals surface area contributed by atoms with Gasteiger partial charge >= 0.3 is 0 Å². The third kappa shape index (κ3) is 1.87. The number of nitrogens with zero attached hydrogens (tertiary/aromatic N) is 2. The van der Waals surface area contributed by atoms with E-state index in [0.29, 0.717) is 0 Å². The minimum Gasteiger partial charge on any atom is -0.238 e. The zero-order chi connectivity index (χ0) is 8.43. The van der Waals surface area contributed by atoms with Gasteiger partial charge in [0, 0.05) is 16.2 Å². The molecule has 11 heavy (non-hydrogen) atoms. The fourth-order valence-electron chi connectivity index (χ4n) is 0.722. The molecule has 0 aliphatic heterocycles. The molecule has 0 bridgehead atoms. The second-order valence-electron chi connectivity index (χ2n) is 2.75. The first-order valence-electron chi connectivity index (χ1n) is 3.56. The van der Waals surface area contributed by atoms with Crippen LogP contribution in [-0.2, 0) is 0 Å². The first-order valence-corrected chi connectivity index (χ1v) is 4.33. The fourth-order valence-corrected chi connectivity index (χ4v) is 1.35. The van der Waals surface area contributed by atoms with Crippen LogP contribution in [0.3, 0.4) is 0 Å². The average Bonchev–Trinajstić information content (AvgIpc) is 2.18. The minimum atomic E-state index is 0.882. The maximum Gasteiger partial charge on any atom is 0.168 e. The van der Waals surface area contributed by atoms with Gasteiger partial charge < -0.3 is 0 Å². The highest BCUT2D eigenvalue weighted by Gasteiger charge is 2.02. The topological polar surface area (TPSA) is 25.2 Å². The van der Waals surface area contributed by atoms with Gasteiger partial charge in [0.15, 0.2) is 5.82 Å². The van der Waals surface area contributed by atoms with Crippen molar-refractivity contribution < 1.29 is 0 Å². The van der Waals surface area contributed by atoms with Crippen molar-refractivity contribution in [3.8, 4) is 0 Å². The first-order chi connectivity index (χ1) is 5.11. The summed E-state index contributed by atoms with van der Waals surface area (Å²) in [7, 11) is 0.